The minimum Gasteiger partial charge on any atom is -0.507 e. The maximum Gasteiger partial charge on any atom is 0.407 e. The summed E-state index contributed by atoms with van der Waals surface area (Å²) in [4.78, 5) is 11.9. The number of hydrogen-bond acceptors (Lipinski definition) is 4. The number of nitrogens with one attached hydrogen (secondary N) is 1. The van der Waals surface area contributed by atoms with Crippen molar-refractivity contribution >= 4 is 6.09 Å². The number of phenols is 1. The number of carbonyl (C=O) groups excluding carboxylic acids is 1. The molecule has 0 bridgehead atoms. The summed E-state index contributed by atoms with van der Waals surface area (Å²) in [6.07, 6.45) is -1.37. The summed E-state index contributed by atoms with van der Waals surface area (Å²) in [6, 6.07) is 13.1. The van der Waals surface area contributed by atoms with E-state index < -0.39 is 12.2 Å². The molecule has 3 N–H and O–H groups in total. The number of aliphatic hydroxyl groups is 1. The number of benzene rings is 2. The highest BCUT2D eigenvalue weighted by atomic mass is 16.5. The van der Waals surface area contributed by atoms with E-state index in [1.165, 1.54) is 0 Å². The third kappa shape index (κ3) is 5.23. The fraction of sp³-hybridized carbons (Fsp3) is 0.381. The molecule has 26 heavy (non-hydrogen) atoms. The van der Waals surface area contributed by atoms with Gasteiger partial charge in [0.15, 0.2) is 0 Å². The van der Waals surface area contributed by atoms with Gasteiger partial charge in [0.25, 0.3) is 0 Å². The second-order valence-corrected chi connectivity index (χ2v) is 7.41. The highest BCUT2D eigenvalue weighted by Gasteiger charge is 2.20. The monoisotopic (exact) mass is 357 g/mol. The molecule has 0 saturated carbocycles. The number of hydrogen-bond donors (Lipinski definition) is 3. The zero-order valence-electron chi connectivity index (χ0n) is 15.7. The fourth-order valence-electron chi connectivity index (χ4n) is 2.55. The lowest BCUT2D eigenvalue weighted by molar-refractivity contribution is 0.139. The van der Waals surface area contributed by atoms with Crippen molar-refractivity contribution in [3.8, 4) is 5.75 Å². The number of alkyl carbamates (subject to hydrolysis) is 1. The van der Waals surface area contributed by atoms with Gasteiger partial charge in [-0.3, -0.25) is 0 Å². The van der Waals surface area contributed by atoms with Crippen LogP contribution in [0, 0.1) is 0 Å². The topological polar surface area (TPSA) is 78.8 Å². The molecule has 0 heterocycles. The van der Waals surface area contributed by atoms with Gasteiger partial charge in [-0.15, -0.1) is 0 Å². The van der Waals surface area contributed by atoms with Crippen LogP contribution in [0.5, 0.6) is 5.75 Å². The Bertz CT molecular complexity index is 749. The van der Waals surface area contributed by atoms with Crippen molar-refractivity contribution < 1.29 is 19.7 Å². The van der Waals surface area contributed by atoms with Gasteiger partial charge in [0.1, 0.15) is 12.4 Å². The molecule has 0 aliphatic rings. The van der Waals surface area contributed by atoms with Crippen molar-refractivity contribution in [3.05, 3.63) is 64.7 Å². The summed E-state index contributed by atoms with van der Waals surface area (Å²) in [6.45, 7) is 8.05. The highest BCUT2D eigenvalue weighted by Crippen LogP contribution is 2.34. The largest absolute Gasteiger partial charge is 0.507 e. The van der Waals surface area contributed by atoms with E-state index in [0.717, 1.165) is 11.1 Å². The summed E-state index contributed by atoms with van der Waals surface area (Å²) >= 11 is 0. The van der Waals surface area contributed by atoms with Gasteiger partial charge in [-0.25, -0.2) is 4.79 Å². The van der Waals surface area contributed by atoms with Gasteiger partial charge in [0.2, 0.25) is 0 Å². The smallest absolute Gasteiger partial charge is 0.407 e. The molecule has 0 aliphatic heterocycles. The number of carbonyl (C=O) groups is 1. The summed E-state index contributed by atoms with van der Waals surface area (Å²) in [5, 5.41) is 23.0. The van der Waals surface area contributed by atoms with Crippen LogP contribution in [0.4, 0.5) is 4.79 Å². The molecule has 0 aromatic heterocycles. The Morgan fingerprint density at radius 2 is 1.85 bits per heavy atom. The van der Waals surface area contributed by atoms with Crippen LogP contribution in [0.15, 0.2) is 42.5 Å². The quantitative estimate of drug-likeness (QED) is 0.750. The minimum absolute atomic E-state index is 0.00337. The molecule has 5 heteroatoms. The summed E-state index contributed by atoms with van der Waals surface area (Å²) in [7, 11) is 0. The Morgan fingerprint density at radius 1 is 1.19 bits per heavy atom. The second-order valence-electron chi connectivity index (χ2n) is 7.41. The van der Waals surface area contributed by atoms with Crippen molar-refractivity contribution in [1.29, 1.82) is 0 Å². The summed E-state index contributed by atoms with van der Waals surface area (Å²) in [5.74, 6) is -0.00337. The third-order valence-electron chi connectivity index (χ3n) is 4.17. The van der Waals surface area contributed by atoms with Gasteiger partial charge in [-0.1, -0.05) is 51.1 Å². The number of aliphatic hydroxyl groups excluding tert-OH is 1. The van der Waals surface area contributed by atoms with Crippen molar-refractivity contribution in [1.82, 2.24) is 5.32 Å². The van der Waals surface area contributed by atoms with E-state index in [1.54, 1.807) is 13.0 Å². The van der Waals surface area contributed by atoms with E-state index in [0.29, 0.717) is 11.1 Å². The van der Waals surface area contributed by atoms with Crippen LogP contribution in [0.1, 0.15) is 56.1 Å². The first kappa shape index (κ1) is 19.8. The molecule has 140 valence electrons. The molecular formula is C21H27NO4. The Balaban J connectivity index is 2.08. The van der Waals surface area contributed by atoms with Crippen LogP contribution in [-0.4, -0.2) is 16.3 Å². The van der Waals surface area contributed by atoms with Gasteiger partial charge in [0.05, 0.1) is 6.10 Å². The average Bonchev–Trinajstić information content (AvgIpc) is 2.58. The Morgan fingerprint density at radius 3 is 2.42 bits per heavy atom. The van der Waals surface area contributed by atoms with E-state index >= 15 is 0 Å². The molecule has 2 aromatic rings. The Labute approximate surface area is 154 Å². The van der Waals surface area contributed by atoms with Crippen LogP contribution in [0.25, 0.3) is 0 Å². The van der Waals surface area contributed by atoms with Crippen molar-refractivity contribution in [2.75, 3.05) is 0 Å². The average molecular weight is 357 g/mol. The number of phenolic OH excluding ortho intramolecular Hbond substituents is 1. The van der Waals surface area contributed by atoms with E-state index in [-0.39, 0.29) is 24.3 Å². The third-order valence-corrected chi connectivity index (χ3v) is 4.17. The molecule has 2 aromatic carbocycles. The van der Waals surface area contributed by atoms with Gasteiger partial charge in [-0.2, -0.15) is 0 Å². The molecular weight excluding hydrogens is 330 g/mol. The van der Waals surface area contributed by atoms with Crippen LogP contribution < -0.4 is 5.32 Å². The summed E-state index contributed by atoms with van der Waals surface area (Å²) < 4.78 is 5.18. The first-order chi connectivity index (χ1) is 12.2. The Hall–Kier alpha value is -2.53. The van der Waals surface area contributed by atoms with Crippen LogP contribution in [-0.2, 0) is 23.3 Å². The maximum atomic E-state index is 11.9. The predicted octanol–water partition coefficient (Wildman–Crippen LogP) is 4.17. The second kappa shape index (κ2) is 8.23. The molecule has 0 aliphatic carbocycles. The van der Waals surface area contributed by atoms with Crippen LogP contribution in [0.3, 0.4) is 0 Å². The molecule has 0 spiro atoms. The van der Waals surface area contributed by atoms with Crippen LogP contribution in [0.2, 0.25) is 0 Å². The minimum atomic E-state index is -0.805. The first-order valence-electron chi connectivity index (χ1n) is 8.67. The van der Waals surface area contributed by atoms with E-state index in [2.05, 4.69) is 26.1 Å². The molecule has 1 amide bonds. The van der Waals surface area contributed by atoms with E-state index in [1.807, 2.05) is 36.4 Å². The molecule has 0 fully saturated rings. The Kier molecular flexibility index (Phi) is 6.27. The molecule has 0 radical (unpaired) electrons. The SMILES string of the molecule is CC(O)c1cc(C(C)(C)C)cc(CNC(=O)OCc2ccccc2)c1O. The van der Waals surface area contributed by atoms with Gasteiger partial charge >= 0.3 is 6.09 Å². The lowest BCUT2D eigenvalue weighted by Gasteiger charge is -2.23. The fourth-order valence-corrected chi connectivity index (χ4v) is 2.55. The van der Waals surface area contributed by atoms with Gasteiger partial charge < -0.3 is 20.3 Å². The maximum absolute atomic E-state index is 11.9. The lowest BCUT2D eigenvalue weighted by Crippen LogP contribution is -2.24. The lowest BCUT2D eigenvalue weighted by atomic mass is 9.84. The zero-order valence-corrected chi connectivity index (χ0v) is 15.7. The molecule has 1 unspecified atom stereocenters. The first-order valence-corrected chi connectivity index (χ1v) is 8.67. The predicted molar refractivity (Wildman–Crippen MR) is 101 cm³/mol. The number of amides is 1. The summed E-state index contributed by atoms with van der Waals surface area (Å²) in [5.41, 5.74) is 2.72. The molecule has 5 nitrogen and oxygen atoms in total. The van der Waals surface area contributed by atoms with Gasteiger partial charge in [-0.05, 0) is 35.6 Å². The standard InChI is InChI=1S/C21H27NO4/c1-14(23)18-11-17(21(2,3)4)10-16(19(18)24)12-22-20(25)26-13-15-8-6-5-7-9-15/h5-11,14,23-24H,12-13H2,1-4H3,(H,22,25). The van der Waals surface area contributed by atoms with E-state index in [4.69, 9.17) is 4.74 Å². The zero-order chi connectivity index (χ0) is 19.3. The number of aromatic hydroxyl groups is 1. The molecule has 2 rings (SSSR count). The van der Waals surface area contributed by atoms with E-state index in [9.17, 15) is 15.0 Å². The number of ether oxygens (including phenoxy) is 1. The van der Waals surface area contributed by atoms with Crippen molar-refractivity contribution in [2.45, 2.75) is 52.4 Å². The van der Waals surface area contributed by atoms with Crippen molar-refractivity contribution in [3.63, 3.8) is 0 Å². The number of rotatable bonds is 5. The molecule has 0 saturated heterocycles. The normalized spacial score (nSPS) is 12.5. The highest BCUT2D eigenvalue weighted by molar-refractivity contribution is 5.67. The molecule has 1 atom stereocenters. The van der Waals surface area contributed by atoms with Gasteiger partial charge in [0, 0.05) is 17.7 Å². The van der Waals surface area contributed by atoms with Crippen molar-refractivity contribution in [2.24, 2.45) is 0 Å². The van der Waals surface area contributed by atoms with Crippen LogP contribution >= 0.6 is 0 Å².